The Balaban J connectivity index is 2.12. The molecule has 2 aliphatic rings. The van der Waals surface area contributed by atoms with Gasteiger partial charge < -0.3 is 4.74 Å². The number of hydrogen-bond acceptors (Lipinski definition) is 6. The summed E-state index contributed by atoms with van der Waals surface area (Å²) in [5, 5.41) is 3.23. The van der Waals surface area contributed by atoms with Gasteiger partial charge in [-0.25, -0.2) is 4.39 Å². The fraction of sp³-hybridized carbons (Fsp3) is 0.526. The second-order valence-corrected chi connectivity index (χ2v) is 7.84. The molecule has 2 aliphatic heterocycles. The summed E-state index contributed by atoms with van der Waals surface area (Å²) in [5.41, 5.74) is -0.769. The van der Waals surface area contributed by atoms with Crippen molar-refractivity contribution in [2.45, 2.75) is 24.9 Å². The number of carbonyl (C=O) groups excluding carboxylic acids is 3. The Labute approximate surface area is 161 Å². The molecule has 1 N–H and O–H groups in total. The quantitative estimate of drug-likeness (QED) is 0.585. The van der Waals surface area contributed by atoms with Crippen LogP contribution < -0.4 is 5.32 Å². The highest BCUT2D eigenvalue weighted by Crippen LogP contribution is 2.50. The van der Waals surface area contributed by atoms with Crippen LogP contribution in [-0.4, -0.2) is 53.9 Å². The van der Waals surface area contributed by atoms with Crippen molar-refractivity contribution in [3.63, 3.8) is 0 Å². The minimum atomic E-state index is -1.31. The Morgan fingerprint density at radius 3 is 2.74 bits per heavy atom. The Hall–Kier alpha value is -1.93. The van der Waals surface area contributed by atoms with E-state index in [1.165, 1.54) is 19.2 Å². The van der Waals surface area contributed by atoms with Gasteiger partial charge in [0.15, 0.2) is 0 Å². The number of carbonyl (C=O) groups is 3. The lowest BCUT2D eigenvalue weighted by atomic mass is 9.78. The van der Waals surface area contributed by atoms with Crippen molar-refractivity contribution in [3.05, 3.63) is 35.6 Å². The molecule has 27 heavy (non-hydrogen) atoms. The number of amides is 2. The summed E-state index contributed by atoms with van der Waals surface area (Å²) in [6, 6.07) is 5.26. The van der Waals surface area contributed by atoms with Crippen molar-refractivity contribution < 1.29 is 23.5 Å². The smallest absolute Gasteiger partial charge is 0.327 e. The molecule has 8 heteroatoms. The Morgan fingerprint density at radius 2 is 2.11 bits per heavy atom. The molecule has 2 saturated heterocycles. The van der Waals surface area contributed by atoms with Gasteiger partial charge in [0.05, 0.1) is 18.4 Å². The van der Waals surface area contributed by atoms with Crippen molar-refractivity contribution in [1.29, 1.82) is 0 Å². The molecule has 0 aliphatic carbocycles. The fourth-order valence-electron chi connectivity index (χ4n) is 4.18. The molecule has 2 heterocycles. The maximum absolute atomic E-state index is 13.8. The Bertz CT molecular complexity index is 774. The number of benzene rings is 1. The van der Waals surface area contributed by atoms with Gasteiger partial charge in [-0.1, -0.05) is 12.1 Å². The number of likely N-dealkylation sites (tertiary alicyclic amines) is 1. The van der Waals surface area contributed by atoms with E-state index in [4.69, 9.17) is 4.74 Å². The normalized spacial score (nSPS) is 29.9. The third-order valence-electron chi connectivity index (χ3n) is 5.42. The maximum atomic E-state index is 13.8. The van der Waals surface area contributed by atoms with Crippen LogP contribution in [0.15, 0.2) is 24.3 Å². The topological polar surface area (TPSA) is 75.7 Å². The first-order valence-corrected chi connectivity index (χ1v) is 10.3. The summed E-state index contributed by atoms with van der Waals surface area (Å²) < 4.78 is 19.1. The lowest BCUT2D eigenvalue weighted by Crippen LogP contribution is -2.56. The minimum absolute atomic E-state index is 0.168. The molecule has 146 valence electrons. The Kier molecular flexibility index (Phi) is 5.58. The molecule has 1 aromatic carbocycles. The van der Waals surface area contributed by atoms with E-state index in [0.29, 0.717) is 17.7 Å². The summed E-state index contributed by atoms with van der Waals surface area (Å²) in [6.45, 7) is 1.87. The van der Waals surface area contributed by atoms with E-state index in [2.05, 4.69) is 5.32 Å². The third-order valence-corrected chi connectivity index (χ3v) is 6.03. The van der Waals surface area contributed by atoms with Gasteiger partial charge in [-0.2, -0.15) is 11.8 Å². The second kappa shape index (κ2) is 7.59. The SMILES string of the molecule is CCOC(=O)[C@@]1(CCSC)N[C@@H](c2cccc(F)c2)[C@H]2C(=O)N(C)C(=O)[C@H]21. The predicted molar refractivity (Wildman–Crippen MR) is 99.4 cm³/mol. The first-order chi connectivity index (χ1) is 12.9. The van der Waals surface area contributed by atoms with Crippen LogP contribution in [0.2, 0.25) is 0 Å². The molecule has 2 amide bonds. The molecular weight excluding hydrogens is 371 g/mol. The van der Waals surface area contributed by atoms with Crippen molar-refractivity contribution in [2.75, 3.05) is 25.7 Å². The maximum Gasteiger partial charge on any atom is 0.327 e. The lowest BCUT2D eigenvalue weighted by Gasteiger charge is -2.32. The van der Waals surface area contributed by atoms with Gasteiger partial charge in [0.1, 0.15) is 11.4 Å². The van der Waals surface area contributed by atoms with Crippen LogP contribution in [-0.2, 0) is 19.1 Å². The molecule has 3 rings (SSSR count). The lowest BCUT2D eigenvalue weighted by molar-refractivity contribution is -0.156. The average Bonchev–Trinajstić information content (AvgIpc) is 3.11. The highest BCUT2D eigenvalue weighted by atomic mass is 32.2. The zero-order chi connectivity index (χ0) is 19.8. The zero-order valence-electron chi connectivity index (χ0n) is 15.5. The summed E-state index contributed by atoms with van der Waals surface area (Å²) >= 11 is 1.54. The van der Waals surface area contributed by atoms with Gasteiger partial charge >= 0.3 is 5.97 Å². The first-order valence-electron chi connectivity index (χ1n) is 8.88. The largest absolute Gasteiger partial charge is 0.465 e. The van der Waals surface area contributed by atoms with Gasteiger partial charge in [-0.3, -0.25) is 24.6 Å². The molecule has 0 unspecified atom stereocenters. The number of imide groups is 1. The van der Waals surface area contributed by atoms with Crippen LogP contribution >= 0.6 is 11.8 Å². The van der Waals surface area contributed by atoms with E-state index in [-0.39, 0.29) is 12.5 Å². The number of esters is 1. The molecule has 1 aromatic rings. The highest BCUT2D eigenvalue weighted by molar-refractivity contribution is 7.98. The molecule has 6 nitrogen and oxygen atoms in total. The zero-order valence-corrected chi connectivity index (χ0v) is 16.3. The number of ether oxygens (including phenoxy) is 1. The Morgan fingerprint density at radius 1 is 1.37 bits per heavy atom. The number of nitrogens with one attached hydrogen (secondary N) is 1. The van der Waals surface area contributed by atoms with Crippen molar-refractivity contribution in [1.82, 2.24) is 10.2 Å². The molecule has 4 atom stereocenters. The fourth-order valence-corrected chi connectivity index (χ4v) is 4.70. The highest BCUT2D eigenvalue weighted by Gasteiger charge is 2.67. The van der Waals surface area contributed by atoms with Crippen LogP contribution in [0.25, 0.3) is 0 Å². The van der Waals surface area contributed by atoms with Crippen LogP contribution in [0.4, 0.5) is 4.39 Å². The van der Waals surface area contributed by atoms with E-state index in [1.807, 2.05) is 6.26 Å². The van der Waals surface area contributed by atoms with Crippen LogP contribution in [0, 0.1) is 17.7 Å². The van der Waals surface area contributed by atoms with Crippen LogP contribution in [0.3, 0.4) is 0 Å². The van der Waals surface area contributed by atoms with Gasteiger partial charge in [-0.05, 0) is 43.0 Å². The molecule has 0 saturated carbocycles. The van der Waals surface area contributed by atoms with Crippen molar-refractivity contribution >= 4 is 29.5 Å². The van der Waals surface area contributed by atoms with E-state index in [0.717, 1.165) is 4.90 Å². The number of halogens is 1. The van der Waals surface area contributed by atoms with E-state index in [1.54, 1.807) is 30.8 Å². The van der Waals surface area contributed by atoms with E-state index >= 15 is 0 Å². The van der Waals surface area contributed by atoms with E-state index in [9.17, 15) is 18.8 Å². The first kappa shape index (κ1) is 19.8. The summed E-state index contributed by atoms with van der Waals surface area (Å²) in [7, 11) is 1.43. The number of rotatable bonds is 6. The van der Waals surface area contributed by atoms with Crippen LogP contribution in [0.5, 0.6) is 0 Å². The molecule has 0 aromatic heterocycles. The molecule has 0 spiro atoms. The number of fused-ring (bicyclic) bond motifs is 1. The van der Waals surface area contributed by atoms with Gasteiger partial charge in [-0.15, -0.1) is 0 Å². The van der Waals surface area contributed by atoms with Crippen LogP contribution in [0.1, 0.15) is 24.9 Å². The average molecular weight is 394 g/mol. The monoisotopic (exact) mass is 394 g/mol. The number of nitrogens with zero attached hydrogens (tertiary/aromatic N) is 1. The minimum Gasteiger partial charge on any atom is -0.465 e. The van der Waals surface area contributed by atoms with Gasteiger partial charge in [0.25, 0.3) is 0 Å². The predicted octanol–water partition coefficient (Wildman–Crippen LogP) is 1.76. The van der Waals surface area contributed by atoms with E-state index < -0.39 is 41.1 Å². The van der Waals surface area contributed by atoms with Gasteiger partial charge in [0, 0.05) is 13.1 Å². The van der Waals surface area contributed by atoms with Gasteiger partial charge in [0.2, 0.25) is 11.8 Å². The summed E-state index contributed by atoms with van der Waals surface area (Å²) in [4.78, 5) is 39.8. The summed E-state index contributed by atoms with van der Waals surface area (Å²) in [6.07, 6.45) is 2.25. The van der Waals surface area contributed by atoms with Crippen molar-refractivity contribution in [2.24, 2.45) is 11.8 Å². The second-order valence-electron chi connectivity index (χ2n) is 6.85. The number of hydrogen-bond donors (Lipinski definition) is 1. The molecule has 2 fully saturated rings. The molecule has 0 bridgehead atoms. The number of thioether (sulfide) groups is 1. The third kappa shape index (κ3) is 3.14. The standard InChI is InChI=1S/C19H23FN2O4S/c1-4-26-18(25)19(8-9-27-3)14-13(16(23)22(2)17(14)24)15(21-19)11-6-5-7-12(20)10-11/h5-7,10,13-15,21H,4,8-9H2,1-3H3/t13-,14-,15-,19-/m0/s1. The molecule has 0 radical (unpaired) electrons. The molecular formula is C19H23FN2O4S. The van der Waals surface area contributed by atoms with Crippen molar-refractivity contribution in [3.8, 4) is 0 Å². The summed E-state index contributed by atoms with van der Waals surface area (Å²) in [5.74, 6) is -2.76.